The fraction of sp³-hybridized carbons (Fsp3) is 0.667. The summed E-state index contributed by atoms with van der Waals surface area (Å²) in [6, 6.07) is 0. The monoisotopic (exact) mass is 155 g/mol. The largest absolute Gasteiger partial charge is 0.423 e. The van der Waals surface area contributed by atoms with Crippen molar-refractivity contribution in [1.29, 1.82) is 0 Å². The minimum atomic E-state index is 0.649. The second kappa shape index (κ2) is 7.32. The van der Waals surface area contributed by atoms with E-state index in [0.29, 0.717) is 5.76 Å². The Bertz CT molecular complexity index is 128. The van der Waals surface area contributed by atoms with Crippen molar-refractivity contribution in [2.75, 3.05) is 0 Å². The summed E-state index contributed by atoms with van der Waals surface area (Å²) in [6.07, 6.45) is 6.51. The number of rotatable bonds is 6. The summed E-state index contributed by atoms with van der Waals surface area (Å²) in [6.45, 7) is 5.31. The lowest BCUT2D eigenvalue weighted by Crippen LogP contribution is -1.83. The number of unbranched alkanes of at least 4 members (excludes halogenated alkanes) is 3. The van der Waals surface area contributed by atoms with Gasteiger partial charge in [0.2, 0.25) is 0 Å². The zero-order chi connectivity index (χ0) is 8.53. The number of hydrogen-bond donors (Lipinski definition) is 0. The highest BCUT2D eigenvalue weighted by Crippen LogP contribution is 2.03. The minimum absolute atomic E-state index is 0.649. The Balaban J connectivity index is 3.31. The molecular formula is C9H15O2. The molecule has 0 rings (SSSR count). The average molecular weight is 155 g/mol. The van der Waals surface area contributed by atoms with Crippen LogP contribution < -0.4 is 0 Å². The molecule has 0 fully saturated rings. The molecule has 0 aliphatic heterocycles. The molecule has 1 radical (unpaired) electrons. The Kier molecular flexibility index (Phi) is 6.79. The van der Waals surface area contributed by atoms with E-state index in [9.17, 15) is 4.79 Å². The fourth-order valence-corrected chi connectivity index (χ4v) is 0.807. The van der Waals surface area contributed by atoms with Crippen LogP contribution in [0.2, 0.25) is 0 Å². The number of hydrogen-bond acceptors (Lipinski definition) is 2. The van der Waals surface area contributed by atoms with Crippen molar-refractivity contribution >= 4 is 6.47 Å². The lowest BCUT2D eigenvalue weighted by Gasteiger charge is -1.95. The zero-order valence-electron chi connectivity index (χ0n) is 7.22. The van der Waals surface area contributed by atoms with Crippen LogP contribution in [-0.2, 0) is 9.53 Å². The second-order valence-corrected chi connectivity index (χ2v) is 2.50. The lowest BCUT2D eigenvalue weighted by molar-refractivity contribution is 0.362. The molecule has 0 aromatic heterocycles. The van der Waals surface area contributed by atoms with E-state index in [1.165, 1.54) is 19.3 Å². The molecule has 0 atom stereocenters. The van der Waals surface area contributed by atoms with Gasteiger partial charge in [-0.25, -0.2) is 4.79 Å². The number of carbonyl (C=O) groups excluding carboxylic acids is 1. The molecule has 0 N–H and O–H groups in total. The zero-order valence-corrected chi connectivity index (χ0v) is 7.22. The summed E-state index contributed by atoms with van der Waals surface area (Å²) in [5.41, 5.74) is 0. The Morgan fingerprint density at radius 3 is 2.82 bits per heavy atom. The molecule has 0 aliphatic carbocycles. The van der Waals surface area contributed by atoms with Crippen molar-refractivity contribution in [3.05, 3.63) is 11.8 Å². The van der Waals surface area contributed by atoms with Crippen molar-refractivity contribution in [2.24, 2.45) is 0 Å². The molecule has 0 unspecified atom stereocenters. The first-order valence-electron chi connectivity index (χ1n) is 4.02. The van der Waals surface area contributed by atoms with Gasteiger partial charge in [-0.15, -0.1) is 0 Å². The third-order valence-corrected chi connectivity index (χ3v) is 1.44. The topological polar surface area (TPSA) is 26.3 Å². The summed E-state index contributed by atoms with van der Waals surface area (Å²) in [7, 11) is 0. The van der Waals surface area contributed by atoms with E-state index in [-0.39, 0.29) is 0 Å². The van der Waals surface area contributed by atoms with Gasteiger partial charge in [0.25, 0.3) is 0 Å². The maximum atomic E-state index is 9.72. The van der Waals surface area contributed by atoms with Gasteiger partial charge in [-0.3, -0.25) is 0 Å². The van der Waals surface area contributed by atoms with Crippen molar-refractivity contribution in [1.82, 2.24) is 0 Å². The molecule has 0 aromatic carbocycles. The van der Waals surface area contributed by atoms with Gasteiger partial charge in [-0.1, -0.05) is 19.8 Å². The molecule has 0 bridgehead atoms. The predicted molar refractivity (Wildman–Crippen MR) is 44.7 cm³/mol. The van der Waals surface area contributed by atoms with E-state index in [4.69, 9.17) is 0 Å². The number of ether oxygens (including phenoxy) is 1. The van der Waals surface area contributed by atoms with Crippen LogP contribution in [0.15, 0.2) is 11.8 Å². The predicted octanol–water partition coefficient (Wildman–Crippen LogP) is 2.55. The second-order valence-electron chi connectivity index (χ2n) is 2.50. The molecule has 2 heteroatoms. The molecule has 0 aromatic rings. The molecule has 0 spiro atoms. The van der Waals surface area contributed by atoms with Crippen molar-refractivity contribution < 1.29 is 9.53 Å². The smallest absolute Gasteiger partial charge is 0.422 e. The molecule has 0 saturated carbocycles. The molecule has 11 heavy (non-hydrogen) atoms. The lowest BCUT2D eigenvalue weighted by atomic mass is 10.2. The standard InChI is InChI=1S/C9H15O2/c1-3-4-5-6-7-9(2)11-8-10/h7H,3-6H2,1-2H3/b9-7+. The highest BCUT2D eigenvalue weighted by Gasteiger charge is 1.88. The Morgan fingerprint density at radius 2 is 2.27 bits per heavy atom. The SMILES string of the molecule is CCCCC/C=C(\C)O[C]=O. The van der Waals surface area contributed by atoms with Gasteiger partial charge in [0, 0.05) is 0 Å². The Morgan fingerprint density at radius 1 is 1.55 bits per heavy atom. The molecule has 0 amide bonds. The first kappa shape index (κ1) is 10.2. The van der Waals surface area contributed by atoms with Crippen LogP contribution in [0.3, 0.4) is 0 Å². The molecule has 0 heterocycles. The van der Waals surface area contributed by atoms with Crippen LogP contribution in [-0.4, -0.2) is 6.47 Å². The van der Waals surface area contributed by atoms with Gasteiger partial charge in [-0.05, 0) is 25.8 Å². The van der Waals surface area contributed by atoms with Crippen LogP contribution in [0, 0.1) is 0 Å². The van der Waals surface area contributed by atoms with Gasteiger partial charge in [0.15, 0.2) is 0 Å². The molecule has 2 nitrogen and oxygen atoms in total. The van der Waals surface area contributed by atoms with Crippen LogP contribution in [0.4, 0.5) is 0 Å². The van der Waals surface area contributed by atoms with E-state index in [1.54, 1.807) is 6.92 Å². The van der Waals surface area contributed by atoms with Gasteiger partial charge in [0.1, 0.15) is 5.76 Å². The third kappa shape index (κ3) is 7.10. The highest BCUT2D eigenvalue weighted by atomic mass is 16.5. The van der Waals surface area contributed by atoms with E-state index in [2.05, 4.69) is 11.7 Å². The Hall–Kier alpha value is -0.790. The van der Waals surface area contributed by atoms with Gasteiger partial charge in [0.05, 0.1) is 0 Å². The molecule has 0 aliphatic rings. The molecular weight excluding hydrogens is 140 g/mol. The quantitative estimate of drug-likeness (QED) is 0.435. The van der Waals surface area contributed by atoms with E-state index < -0.39 is 0 Å². The van der Waals surface area contributed by atoms with E-state index in [1.807, 2.05) is 6.08 Å². The summed E-state index contributed by atoms with van der Waals surface area (Å²) >= 11 is 0. The first-order chi connectivity index (χ1) is 5.31. The van der Waals surface area contributed by atoms with Gasteiger partial charge in [-0.2, -0.15) is 0 Å². The van der Waals surface area contributed by atoms with Gasteiger partial charge < -0.3 is 4.74 Å². The van der Waals surface area contributed by atoms with Crippen LogP contribution in [0.5, 0.6) is 0 Å². The average Bonchev–Trinajstić information content (AvgIpc) is 1.99. The summed E-state index contributed by atoms with van der Waals surface area (Å²) < 4.78 is 4.48. The van der Waals surface area contributed by atoms with Gasteiger partial charge >= 0.3 is 6.47 Å². The highest BCUT2D eigenvalue weighted by molar-refractivity contribution is 5.40. The summed E-state index contributed by atoms with van der Waals surface area (Å²) in [5, 5.41) is 0. The summed E-state index contributed by atoms with van der Waals surface area (Å²) in [4.78, 5) is 9.72. The minimum Gasteiger partial charge on any atom is -0.423 e. The normalized spacial score (nSPS) is 11.3. The van der Waals surface area contributed by atoms with Crippen LogP contribution in [0.1, 0.15) is 39.5 Å². The van der Waals surface area contributed by atoms with E-state index >= 15 is 0 Å². The number of allylic oxidation sites excluding steroid dienone is 2. The maximum Gasteiger partial charge on any atom is 0.422 e. The van der Waals surface area contributed by atoms with Crippen LogP contribution in [0.25, 0.3) is 0 Å². The maximum absolute atomic E-state index is 9.72. The van der Waals surface area contributed by atoms with E-state index in [0.717, 1.165) is 12.8 Å². The van der Waals surface area contributed by atoms with Crippen molar-refractivity contribution in [2.45, 2.75) is 39.5 Å². The Labute approximate surface area is 68.2 Å². The van der Waals surface area contributed by atoms with Crippen molar-refractivity contribution in [3.8, 4) is 0 Å². The molecule has 63 valence electrons. The molecule has 0 saturated heterocycles. The third-order valence-electron chi connectivity index (χ3n) is 1.44. The first-order valence-corrected chi connectivity index (χ1v) is 4.02. The fourth-order valence-electron chi connectivity index (χ4n) is 0.807. The van der Waals surface area contributed by atoms with Crippen LogP contribution >= 0.6 is 0 Å². The van der Waals surface area contributed by atoms with Crippen molar-refractivity contribution in [3.63, 3.8) is 0 Å². The summed E-state index contributed by atoms with van der Waals surface area (Å²) in [5.74, 6) is 0.649.